The quantitative estimate of drug-likeness (QED) is 0.853. The van der Waals surface area contributed by atoms with Crippen LogP contribution in [-0.4, -0.2) is 41.5 Å². The summed E-state index contributed by atoms with van der Waals surface area (Å²) in [5.74, 6) is -1.14. The molecule has 2 heterocycles. The molecule has 0 aromatic heterocycles. The Hall–Kier alpha value is -1.88. The molecule has 2 aliphatic heterocycles. The molecule has 3 unspecified atom stereocenters. The molecule has 0 bridgehead atoms. The second kappa shape index (κ2) is 5.48. The summed E-state index contributed by atoms with van der Waals surface area (Å²) in [5.41, 5.74) is 1.79. The zero-order chi connectivity index (χ0) is 15.0. The lowest BCUT2D eigenvalue weighted by atomic mass is 9.88. The fourth-order valence-corrected chi connectivity index (χ4v) is 3.36. The zero-order valence-corrected chi connectivity index (χ0v) is 12.1. The third kappa shape index (κ3) is 2.53. The first-order chi connectivity index (χ1) is 10.1. The van der Waals surface area contributed by atoms with E-state index in [1.54, 1.807) is 4.90 Å². The van der Waals surface area contributed by atoms with E-state index in [0.717, 1.165) is 17.7 Å². The highest BCUT2D eigenvalue weighted by molar-refractivity contribution is 5.83. The average Bonchev–Trinajstić information content (AvgIpc) is 2.91. The van der Waals surface area contributed by atoms with Crippen LogP contribution in [0.2, 0.25) is 0 Å². The summed E-state index contributed by atoms with van der Waals surface area (Å²) in [6.07, 6.45) is 0. The van der Waals surface area contributed by atoms with Gasteiger partial charge in [0.15, 0.2) is 0 Å². The molecule has 5 heteroatoms. The van der Waals surface area contributed by atoms with Crippen LogP contribution in [0.1, 0.15) is 24.0 Å². The van der Waals surface area contributed by atoms with Crippen LogP contribution in [0, 0.1) is 11.8 Å². The molecule has 1 aromatic carbocycles. The summed E-state index contributed by atoms with van der Waals surface area (Å²) in [4.78, 5) is 25.9. The van der Waals surface area contributed by atoms with Crippen molar-refractivity contribution in [2.24, 2.45) is 11.8 Å². The molecule has 2 aliphatic rings. The van der Waals surface area contributed by atoms with Crippen LogP contribution < -0.4 is 5.32 Å². The van der Waals surface area contributed by atoms with Crippen LogP contribution in [0.5, 0.6) is 0 Å². The minimum absolute atomic E-state index is 0.0373. The number of amides is 1. The van der Waals surface area contributed by atoms with E-state index in [1.165, 1.54) is 0 Å². The number of nitrogens with one attached hydrogen (secondary N) is 1. The number of benzene rings is 1. The summed E-state index contributed by atoms with van der Waals surface area (Å²) in [6.45, 7) is 4.39. The van der Waals surface area contributed by atoms with Crippen molar-refractivity contribution in [1.29, 1.82) is 0 Å². The smallest absolute Gasteiger partial charge is 0.312 e. The third-order valence-electron chi connectivity index (χ3n) is 4.64. The van der Waals surface area contributed by atoms with E-state index in [0.29, 0.717) is 19.0 Å². The van der Waals surface area contributed by atoms with Gasteiger partial charge in [-0.05, 0) is 23.6 Å². The molecule has 3 rings (SSSR count). The molecule has 0 saturated carbocycles. The van der Waals surface area contributed by atoms with Crippen molar-refractivity contribution >= 4 is 11.9 Å². The van der Waals surface area contributed by atoms with Gasteiger partial charge in [0.1, 0.15) is 0 Å². The first-order valence-corrected chi connectivity index (χ1v) is 7.38. The normalized spacial score (nSPS) is 28.2. The molecule has 0 aliphatic carbocycles. The van der Waals surface area contributed by atoms with Gasteiger partial charge in [-0.15, -0.1) is 0 Å². The van der Waals surface area contributed by atoms with E-state index >= 15 is 0 Å². The first kappa shape index (κ1) is 14.1. The SMILES string of the molecule is CC1CNCC1C(=O)N1Cc2ccccc2C(C(=O)O)C1. The van der Waals surface area contributed by atoms with E-state index in [2.05, 4.69) is 12.2 Å². The Bertz CT molecular complexity index is 572. The highest BCUT2D eigenvalue weighted by atomic mass is 16.4. The predicted octanol–water partition coefficient (Wildman–Crippen LogP) is 1.05. The van der Waals surface area contributed by atoms with E-state index in [1.807, 2.05) is 24.3 Å². The Morgan fingerprint density at radius 2 is 2.05 bits per heavy atom. The first-order valence-electron chi connectivity index (χ1n) is 7.38. The largest absolute Gasteiger partial charge is 0.481 e. The number of aliphatic carboxylic acids is 1. The minimum Gasteiger partial charge on any atom is -0.481 e. The number of fused-ring (bicyclic) bond motifs is 1. The number of carboxylic acids is 1. The number of hydrogen-bond donors (Lipinski definition) is 2. The number of hydrogen-bond acceptors (Lipinski definition) is 3. The van der Waals surface area contributed by atoms with Crippen molar-refractivity contribution in [3.63, 3.8) is 0 Å². The second-order valence-corrected chi connectivity index (χ2v) is 6.05. The Morgan fingerprint density at radius 1 is 1.29 bits per heavy atom. The molecular formula is C16H20N2O3. The molecule has 21 heavy (non-hydrogen) atoms. The fraction of sp³-hybridized carbons (Fsp3) is 0.500. The zero-order valence-electron chi connectivity index (χ0n) is 12.1. The number of carboxylic acid groups (broad SMARTS) is 1. The number of carbonyl (C=O) groups is 2. The standard InChI is InChI=1S/C16H20N2O3/c1-10-6-17-7-13(10)15(19)18-8-11-4-2-3-5-12(11)14(9-18)16(20)21/h2-5,10,13-14,17H,6-9H2,1H3,(H,20,21). The van der Waals surface area contributed by atoms with E-state index in [4.69, 9.17) is 0 Å². The van der Waals surface area contributed by atoms with E-state index in [9.17, 15) is 14.7 Å². The summed E-state index contributed by atoms with van der Waals surface area (Å²) in [7, 11) is 0. The van der Waals surface area contributed by atoms with Crippen molar-refractivity contribution < 1.29 is 14.7 Å². The Balaban J connectivity index is 1.86. The molecule has 1 saturated heterocycles. The number of carbonyl (C=O) groups excluding carboxylic acids is 1. The van der Waals surface area contributed by atoms with Crippen LogP contribution in [0.25, 0.3) is 0 Å². The maximum absolute atomic E-state index is 12.7. The van der Waals surface area contributed by atoms with Crippen LogP contribution >= 0.6 is 0 Å². The maximum atomic E-state index is 12.7. The Kier molecular flexibility index (Phi) is 3.68. The Labute approximate surface area is 123 Å². The molecule has 0 radical (unpaired) electrons. The molecular weight excluding hydrogens is 268 g/mol. The molecule has 1 aromatic rings. The van der Waals surface area contributed by atoms with E-state index in [-0.39, 0.29) is 18.4 Å². The lowest BCUT2D eigenvalue weighted by molar-refractivity contribution is -0.142. The van der Waals surface area contributed by atoms with Gasteiger partial charge in [-0.2, -0.15) is 0 Å². The van der Waals surface area contributed by atoms with Gasteiger partial charge in [-0.3, -0.25) is 9.59 Å². The van der Waals surface area contributed by atoms with Gasteiger partial charge in [0, 0.05) is 19.6 Å². The van der Waals surface area contributed by atoms with Crippen LogP contribution in [0.3, 0.4) is 0 Å². The van der Waals surface area contributed by atoms with Crippen LogP contribution in [0.4, 0.5) is 0 Å². The summed E-state index contributed by atoms with van der Waals surface area (Å²) in [6, 6.07) is 7.53. The lowest BCUT2D eigenvalue weighted by Crippen LogP contribution is -2.44. The van der Waals surface area contributed by atoms with Gasteiger partial charge in [-0.1, -0.05) is 31.2 Å². The van der Waals surface area contributed by atoms with Crippen molar-refractivity contribution in [3.8, 4) is 0 Å². The molecule has 112 valence electrons. The predicted molar refractivity (Wildman–Crippen MR) is 77.8 cm³/mol. The number of rotatable bonds is 2. The van der Waals surface area contributed by atoms with Crippen LogP contribution in [0.15, 0.2) is 24.3 Å². The van der Waals surface area contributed by atoms with Crippen molar-refractivity contribution in [2.75, 3.05) is 19.6 Å². The highest BCUT2D eigenvalue weighted by Gasteiger charge is 2.37. The summed E-state index contributed by atoms with van der Waals surface area (Å²) in [5, 5.41) is 12.7. The fourth-order valence-electron chi connectivity index (χ4n) is 3.36. The van der Waals surface area contributed by atoms with Gasteiger partial charge in [-0.25, -0.2) is 0 Å². The van der Waals surface area contributed by atoms with Gasteiger partial charge < -0.3 is 15.3 Å². The second-order valence-electron chi connectivity index (χ2n) is 6.05. The van der Waals surface area contributed by atoms with Crippen molar-refractivity contribution in [3.05, 3.63) is 35.4 Å². The molecule has 0 spiro atoms. The Morgan fingerprint density at radius 3 is 2.71 bits per heavy atom. The molecule has 5 nitrogen and oxygen atoms in total. The summed E-state index contributed by atoms with van der Waals surface area (Å²) < 4.78 is 0. The van der Waals surface area contributed by atoms with Crippen LogP contribution in [-0.2, 0) is 16.1 Å². The molecule has 1 amide bonds. The maximum Gasteiger partial charge on any atom is 0.312 e. The topological polar surface area (TPSA) is 69.6 Å². The van der Waals surface area contributed by atoms with Crippen molar-refractivity contribution in [1.82, 2.24) is 10.2 Å². The van der Waals surface area contributed by atoms with Gasteiger partial charge in [0.05, 0.1) is 11.8 Å². The van der Waals surface area contributed by atoms with Gasteiger partial charge in [0.2, 0.25) is 5.91 Å². The van der Waals surface area contributed by atoms with E-state index < -0.39 is 11.9 Å². The molecule has 3 atom stereocenters. The van der Waals surface area contributed by atoms with Gasteiger partial charge >= 0.3 is 5.97 Å². The molecule has 1 fully saturated rings. The summed E-state index contributed by atoms with van der Waals surface area (Å²) >= 11 is 0. The monoisotopic (exact) mass is 288 g/mol. The number of nitrogens with zero attached hydrogens (tertiary/aromatic N) is 1. The molecule has 2 N–H and O–H groups in total. The highest BCUT2D eigenvalue weighted by Crippen LogP contribution is 2.30. The van der Waals surface area contributed by atoms with Gasteiger partial charge in [0.25, 0.3) is 0 Å². The average molecular weight is 288 g/mol. The lowest BCUT2D eigenvalue weighted by Gasteiger charge is -2.34. The van der Waals surface area contributed by atoms with Crippen molar-refractivity contribution in [2.45, 2.75) is 19.4 Å². The minimum atomic E-state index is -0.863. The third-order valence-corrected chi connectivity index (χ3v) is 4.64.